The van der Waals surface area contributed by atoms with Crippen molar-refractivity contribution >= 4 is 11.6 Å². The average Bonchev–Trinajstić information content (AvgIpc) is 2.75. The van der Waals surface area contributed by atoms with E-state index in [2.05, 4.69) is 5.16 Å². The molecule has 21 heavy (non-hydrogen) atoms. The van der Waals surface area contributed by atoms with Crippen LogP contribution >= 0.6 is 0 Å². The van der Waals surface area contributed by atoms with Crippen LogP contribution in [0.4, 0.5) is 5.69 Å². The van der Waals surface area contributed by atoms with Gasteiger partial charge in [0.15, 0.2) is 6.10 Å². The molecule has 0 fully saturated rings. The van der Waals surface area contributed by atoms with Gasteiger partial charge in [-0.25, -0.2) is 0 Å². The summed E-state index contributed by atoms with van der Waals surface area (Å²) in [5.41, 5.74) is 2.28. The quantitative estimate of drug-likeness (QED) is 0.917. The second-order valence-electron chi connectivity index (χ2n) is 5.14. The van der Waals surface area contributed by atoms with Crippen molar-refractivity contribution in [2.75, 3.05) is 4.90 Å². The summed E-state index contributed by atoms with van der Waals surface area (Å²) in [4.78, 5) is 14.0. The molecule has 0 radical (unpaired) electrons. The Bertz CT molecular complexity index is 688. The number of phenolic OH excluding ortho intramolecular Hbond substituents is 1. The zero-order valence-electron chi connectivity index (χ0n) is 12.1. The van der Waals surface area contributed by atoms with E-state index in [1.807, 2.05) is 13.8 Å². The number of nitrogens with zero attached hydrogens (tertiary/aromatic N) is 2. The number of fused-ring (bicyclic) bond motifs is 1. The molecule has 0 spiro atoms. The third-order valence-corrected chi connectivity index (χ3v) is 3.65. The Morgan fingerprint density at radius 2 is 2.14 bits per heavy atom. The summed E-state index contributed by atoms with van der Waals surface area (Å²) in [5, 5.41) is 13.5. The number of hydrogen-bond donors (Lipinski definition) is 1. The van der Waals surface area contributed by atoms with E-state index in [9.17, 15) is 9.90 Å². The molecular formula is C15H16N2O4. The molecule has 6 nitrogen and oxygen atoms in total. The van der Waals surface area contributed by atoms with Crippen LogP contribution in [0.25, 0.3) is 0 Å². The van der Waals surface area contributed by atoms with Crippen molar-refractivity contribution in [2.45, 2.75) is 33.4 Å². The van der Waals surface area contributed by atoms with Gasteiger partial charge >= 0.3 is 0 Å². The second-order valence-corrected chi connectivity index (χ2v) is 5.14. The maximum atomic E-state index is 12.4. The van der Waals surface area contributed by atoms with E-state index in [-0.39, 0.29) is 11.7 Å². The van der Waals surface area contributed by atoms with Crippen LogP contribution < -0.4 is 9.64 Å². The molecule has 1 aliphatic rings. The lowest BCUT2D eigenvalue weighted by Crippen LogP contribution is -2.44. The molecule has 0 aliphatic carbocycles. The van der Waals surface area contributed by atoms with Gasteiger partial charge in [0.25, 0.3) is 5.91 Å². The van der Waals surface area contributed by atoms with Crippen LogP contribution in [0, 0.1) is 13.8 Å². The molecule has 0 bridgehead atoms. The minimum atomic E-state index is -0.597. The number of carbonyl (C=O) groups excluding carboxylic acids is 1. The van der Waals surface area contributed by atoms with Crippen LogP contribution in [-0.2, 0) is 11.3 Å². The number of aryl methyl sites for hydroxylation is 2. The van der Waals surface area contributed by atoms with E-state index in [1.165, 1.54) is 12.1 Å². The van der Waals surface area contributed by atoms with Gasteiger partial charge < -0.3 is 19.3 Å². The Kier molecular flexibility index (Phi) is 3.08. The maximum Gasteiger partial charge on any atom is 0.268 e. The number of hydrogen-bond acceptors (Lipinski definition) is 5. The lowest BCUT2D eigenvalue weighted by molar-refractivity contribution is -0.125. The molecular weight excluding hydrogens is 272 g/mol. The minimum Gasteiger partial charge on any atom is -0.508 e. The first-order valence-electron chi connectivity index (χ1n) is 6.70. The first-order chi connectivity index (χ1) is 9.97. The minimum absolute atomic E-state index is 0.104. The molecule has 6 heteroatoms. The van der Waals surface area contributed by atoms with Crippen molar-refractivity contribution in [1.82, 2.24) is 5.16 Å². The lowest BCUT2D eigenvalue weighted by atomic mass is 10.1. The van der Waals surface area contributed by atoms with Crippen molar-refractivity contribution in [3.63, 3.8) is 0 Å². The predicted molar refractivity (Wildman–Crippen MR) is 75.4 cm³/mol. The fourth-order valence-corrected chi connectivity index (χ4v) is 2.45. The van der Waals surface area contributed by atoms with E-state index >= 15 is 0 Å². The first-order valence-corrected chi connectivity index (χ1v) is 6.70. The molecule has 1 aliphatic heterocycles. The van der Waals surface area contributed by atoms with Gasteiger partial charge in [0, 0.05) is 11.6 Å². The molecule has 1 atom stereocenters. The SMILES string of the molecule is Cc1noc(C)c1CN1C(=O)C(C)Oc2cc(O)ccc21. The number of aromatic hydroxyl groups is 1. The summed E-state index contributed by atoms with van der Waals surface area (Å²) in [6.45, 7) is 5.72. The van der Waals surface area contributed by atoms with Gasteiger partial charge in [0.05, 0.1) is 17.9 Å². The molecule has 1 unspecified atom stereocenters. The smallest absolute Gasteiger partial charge is 0.268 e. The van der Waals surface area contributed by atoms with E-state index in [0.717, 1.165) is 11.3 Å². The highest BCUT2D eigenvalue weighted by atomic mass is 16.5. The van der Waals surface area contributed by atoms with Crippen LogP contribution in [0.2, 0.25) is 0 Å². The first kappa shape index (κ1) is 13.5. The Labute approximate surface area is 121 Å². The molecule has 1 aromatic carbocycles. The van der Waals surface area contributed by atoms with Crippen molar-refractivity contribution < 1.29 is 19.2 Å². The average molecular weight is 288 g/mol. The molecule has 0 saturated carbocycles. The number of ether oxygens (including phenoxy) is 1. The fourth-order valence-electron chi connectivity index (χ4n) is 2.45. The highest BCUT2D eigenvalue weighted by molar-refractivity contribution is 5.99. The third kappa shape index (κ3) is 2.22. The van der Waals surface area contributed by atoms with E-state index in [0.29, 0.717) is 23.7 Å². The number of carbonyl (C=O) groups is 1. The zero-order chi connectivity index (χ0) is 15.1. The van der Waals surface area contributed by atoms with Gasteiger partial charge in [0.1, 0.15) is 17.3 Å². The standard InChI is InChI=1S/C15H16N2O4/c1-8-12(9(2)21-16-8)7-17-13-5-4-11(18)6-14(13)20-10(3)15(17)19/h4-6,10,18H,7H2,1-3H3. The van der Waals surface area contributed by atoms with Gasteiger partial charge in [-0.2, -0.15) is 0 Å². The number of phenols is 1. The lowest BCUT2D eigenvalue weighted by Gasteiger charge is -2.33. The number of benzene rings is 1. The summed E-state index contributed by atoms with van der Waals surface area (Å²) >= 11 is 0. The predicted octanol–water partition coefficient (Wildman–Crippen LogP) is 2.31. The van der Waals surface area contributed by atoms with Crippen LogP contribution in [0.15, 0.2) is 22.7 Å². The molecule has 2 aromatic rings. The van der Waals surface area contributed by atoms with Crippen LogP contribution in [-0.4, -0.2) is 22.3 Å². The molecule has 3 rings (SSSR count). The molecule has 1 N–H and O–H groups in total. The van der Waals surface area contributed by atoms with Crippen molar-refractivity contribution in [3.05, 3.63) is 35.2 Å². The van der Waals surface area contributed by atoms with E-state index in [4.69, 9.17) is 9.26 Å². The fraction of sp³-hybridized carbons (Fsp3) is 0.333. The molecule has 0 saturated heterocycles. The topological polar surface area (TPSA) is 75.8 Å². The summed E-state index contributed by atoms with van der Waals surface area (Å²) in [7, 11) is 0. The van der Waals surface area contributed by atoms with Crippen molar-refractivity contribution in [2.24, 2.45) is 0 Å². The normalized spacial score (nSPS) is 17.6. The third-order valence-electron chi connectivity index (χ3n) is 3.65. The van der Waals surface area contributed by atoms with E-state index in [1.54, 1.807) is 17.9 Å². The Hall–Kier alpha value is -2.50. The van der Waals surface area contributed by atoms with Gasteiger partial charge in [-0.3, -0.25) is 4.79 Å². The number of anilines is 1. The van der Waals surface area contributed by atoms with Gasteiger partial charge in [0.2, 0.25) is 0 Å². The maximum absolute atomic E-state index is 12.4. The molecule has 2 heterocycles. The van der Waals surface area contributed by atoms with Crippen LogP contribution in [0.1, 0.15) is 23.9 Å². The molecule has 1 aromatic heterocycles. The van der Waals surface area contributed by atoms with Crippen molar-refractivity contribution in [3.8, 4) is 11.5 Å². The van der Waals surface area contributed by atoms with Crippen molar-refractivity contribution in [1.29, 1.82) is 0 Å². The molecule has 110 valence electrons. The zero-order valence-corrected chi connectivity index (χ0v) is 12.1. The van der Waals surface area contributed by atoms with Crippen LogP contribution in [0.5, 0.6) is 11.5 Å². The van der Waals surface area contributed by atoms with Gasteiger partial charge in [-0.05, 0) is 32.9 Å². The van der Waals surface area contributed by atoms with Crippen LogP contribution in [0.3, 0.4) is 0 Å². The number of rotatable bonds is 2. The molecule has 1 amide bonds. The Morgan fingerprint density at radius 3 is 2.81 bits per heavy atom. The van der Waals surface area contributed by atoms with E-state index < -0.39 is 6.10 Å². The summed E-state index contributed by atoms with van der Waals surface area (Å²) in [6, 6.07) is 4.72. The summed E-state index contributed by atoms with van der Waals surface area (Å²) in [6.07, 6.45) is -0.597. The van der Waals surface area contributed by atoms with Gasteiger partial charge in [-0.1, -0.05) is 5.16 Å². The summed E-state index contributed by atoms with van der Waals surface area (Å²) in [5.74, 6) is 1.16. The number of amides is 1. The monoisotopic (exact) mass is 288 g/mol. The second kappa shape index (κ2) is 4.80. The number of aromatic nitrogens is 1. The van der Waals surface area contributed by atoms with Gasteiger partial charge in [-0.15, -0.1) is 0 Å². The Morgan fingerprint density at radius 1 is 1.38 bits per heavy atom. The highest BCUT2D eigenvalue weighted by Crippen LogP contribution is 2.37. The largest absolute Gasteiger partial charge is 0.508 e. The summed E-state index contributed by atoms with van der Waals surface area (Å²) < 4.78 is 10.7. The highest BCUT2D eigenvalue weighted by Gasteiger charge is 2.32. The Balaban J connectivity index is 2.03.